The third-order valence-corrected chi connectivity index (χ3v) is 6.56. The van der Waals surface area contributed by atoms with Gasteiger partial charge in [0, 0.05) is 31.4 Å². The van der Waals surface area contributed by atoms with Gasteiger partial charge in [-0.15, -0.1) is 11.3 Å². The summed E-state index contributed by atoms with van der Waals surface area (Å²) in [6.45, 7) is 1.65. The van der Waals surface area contributed by atoms with Gasteiger partial charge in [-0.1, -0.05) is 30.3 Å². The number of carbonyl (C=O) groups is 3. The van der Waals surface area contributed by atoms with E-state index in [-0.39, 0.29) is 18.2 Å². The van der Waals surface area contributed by atoms with Crippen molar-refractivity contribution in [1.82, 2.24) is 20.9 Å². The zero-order valence-corrected chi connectivity index (χ0v) is 19.0. The van der Waals surface area contributed by atoms with Gasteiger partial charge >= 0.3 is 0 Å². The molecule has 0 saturated heterocycles. The number of hydrogen-bond acceptors (Lipinski definition) is 5. The van der Waals surface area contributed by atoms with Gasteiger partial charge in [-0.2, -0.15) is 0 Å². The molecule has 2 heterocycles. The maximum Gasteiger partial charge on any atom is 0.265 e. The molecule has 7 nitrogen and oxygen atoms in total. The van der Waals surface area contributed by atoms with E-state index in [1.165, 1.54) is 23.9 Å². The molecule has 1 aromatic heterocycles. The van der Waals surface area contributed by atoms with E-state index in [2.05, 4.69) is 28.1 Å². The smallest absolute Gasteiger partial charge is 0.265 e. The van der Waals surface area contributed by atoms with E-state index in [1.807, 2.05) is 24.3 Å². The van der Waals surface area contributed by atoms with Gasteiger partial charge < -0.3 is 25.6 Å². The van der Waals surface area contributed by atoms with Gasteiger partial charge in [-0.3, -0.25) is 9.59 Å². The van der Waals surface area contributed by atoms with Crippen molar-refractivity contribution in [2.24, 2.45) is 0 Å². The van der Waals surface area contributed by atoms with Crippen LogP contribution in [0.3, 0.4) is 0 Å². The molecule has 1 aliphatic rings. The Labute approximate surface area is 191 Å². The van der Waals surface area contributed by atoms with Gasteiger partial charge in [0.25, 0.3) is 5.91 Å². The molecule has 2 amide bonds. The van der Waals surface area contributed by atoms with Crippen molar-refractivity contribution in [2.75, 3.05) is 13.6 Å². The summed E-state index contributed by atoms with van der Waals surface area (Å²) >= 11 is 6.76. The highest BCUT2D eigenvalue weighted by Gasteiger charge is 2.37. The summed E-state index contributed by atoms with van der Waals surface area (Å²) in [5.74, 6) is -0.409. The Hall–Kier alpha value is -2.78. The normalized spacial score (nSPS) is 13.5. The number of nitrogens with zero attached hydrogens (tertiary/aromatic N) is 1. The fourth-order valence-corrected chi connectivity index (χ4v) is 4.77. The van der Waals surface area contributed by atoms with E-state index in [4.69, 9.17) is 12.2 Å². The zero-order valence-electron chi connectivity index (χ0n) is 17.3. The number of amides is 2. The standard InChI is InChI=1S/C22H26N4O3S2/c1-23-20(28)18(8-5-11-27)26-14-16-12-17(31-19(16)21(26)29)13-25-22(30)24-10-9-15-6-3-2-4-7-15/h2-4,6-7,11-12,18H,5,8-10,13-14H2,1H3,(H,23,28)(H2,24,25,30). The fraction of sp³-hybridized carbons (Fsp3) is 0.364. The number of likely N-dealkylation sites (N-methyl/N-ethyl adjacent to an activating group) is 1. The molecule has 9 heteroatoms. The van der Waals surface area contributed by atoms with Crippen LogP contribution in [0.2, 0.25) is 0 Å². The molecule has 3 N–H and O–H groups in total. The lowest BCUT2D eigenvalue weighted by Crippen LogP contribution is -2.46. The fourth-order valence-electron chi connectivity index (χ4n) is 3.52. The SMILES string of the molecule is CNC(=O)C(CCC=O)N1Cc2cc(CNC(=S)NCCc3ccccc3)sc2C1=O. The van der Waals surface area contributed by atoms with Crippen molar-refractivity contribution < 1.29 is 14.4 Å². The Morgan fingerprint density at radius 3 is 2.74 bits per heavy atom. The minimum atomic E-state index is -0.634. The van der Waals surface area contributed by atoms with Crippen LogP contribution in [0.1, 0.15) is 38.5 Å². The highest BCUT2D eigenvalue weighted by atomic mass is 32.1. The van der Waals surface area contributed by atoms with Crippen LogP contribution in [-0.2, 0) is 29.1 Å². The monoisotopic (exact) mass is 458 g/mol. The summed E-state index contributed by atoms with van der Waals surface area (Å²) in [5.41, 5.74) is 2.16. The van der Waals surface area contributed by atoms with E-state index in [0.29, 0.717) is 29.5 Å². The largest absolute Gasteiger partial charge is 0.362 e. The van der Waals surface area contributed by atoms with E-state index in [9.17, 15) is 14.4 Å². The van der Waals surface area contributed by atoms with Gasteiger partial charge in [0.1, 0.15) is 12.3 Å². The molecular weight excluding hydrogens is 432 g/mol. The number of thiophene rings is 1. The Kier molecular flexibility index (Phi) is 8.13. The molecule has 0 fully saturated rings. The molecule has 0 radical (unpaired) electrons. The summed E-state index contributed by atoms with van der Waals surface area (Å²) in [6.07, 6.45) is 2.21. The first-order chi connectivity index (χ1) is 15.0. The van der Waals surface area contributed by atoms with Gasteiger partial charge in [0.2, 0.25) is 5.91 Å². The number of rotatable bonds is 10. The van der Waals surface area contributed by atoms with Gasteiger partial charge in [0.05, 0.1) is 11.4 Å². The predicted octanol–water partition coefficient (Wildman–Crippen LogP) is 2.00. The number of nitrogens with one attached hydrogen (secondary N) is 3. The first-order valence-corrected chi connectivity index (χ1v) is 11.4. The molecule has 1 unspecified atom stereocenters. The van der Waals surface area contributed by atoms with Crippen LogP contribution in [0.15, 0.2) is 36.4 Å². The lowest BCUT2D eigenvalue weighted by Gasteiger charge is -2.25. The van der Waals surface area contributed by atoms with Gasteiger partial charge in [-0.25, -0.2) is 0 Å². The minimum Gasteiger partial charge on any atom is -0.362 e. The Bertz CT molecular complexity index is 945. The van der Waals surface area contributed by atoms with Crippen molar-refractivity contribution >= 4 is 46.8 Å². The number of thiocarbonyl (C=S) groups is 1. The molecule has 164 valence electrons. The first kappa shape index (κ1) is 22.9. The predicted molar refractivity (Wildman–Crippen MR) is 125 cm³/mol. The second-order valence-electron chi connectivity index (χ2n) is 7.22. The number of benzene rings is 1. The van der Waals surface area contributed by atoms with Crippen molar-refractivity contribution in [2.45, 2.75) is 38.4 Å². The molecule has 0 saturated carbocycles. The second kappa shape index (κ2) is 11.0. The maximum absolute atomic E-state index is 12.9. The Balaban J connectivity index is 1.50. The van der Waals surface area contributed by atoms with E-state index >= 15 is 0 Å². The molecule has 0 spiro atoms. The van der Waals surface area contributed by atoms with E-state index in [0.717, 1.165) is 29.7 Å². The molecule has 3 rings (SSSR count). The third kappa shape index (κ3) is 5.89. The van der Waals surface area contributed by atoms with Crippen LogP contribution in [0.25, 0.3) is 0 Å². The summed E-state index contributed by atoms with van der Waals surface area (Å²) in [4.78, 5) is 39.0. The van der Waals surface area contributed by atoms with Crippen LogP contribution in [0, 0.1) is 0 Å². The summed E-state index contributed by atoms with van der Waals surface area (Å²) < 4.78 is 0. The summed E-state index contributed by atoms with van der Waals surface area (Å²) in [7, 11) is 1.53. The van der Waals surface area contributed by atoms with Crippen molar-refractivity contribution in [3.63, 3.8) is 0 Å². The molecule has 1 aliphatic heterocycles. The van der Waals surface area contributed by atoms with Gasteiger partial charge in [-0.05, 0) is 42.3 Å². The molecule has 1 aromatic carbocycles. The lowest BCUT2D eigenvalue weighted by atomic mass is 10.1. The van der Waals surface area contributed by atoms with Crippen molar-refractivity contribution in [3.05, 3.63) is 57.3 Å². The average Bonchev–Trinajstić information content (AvgIpc) is 3.32. The first-order valence-electron chi connectivity index (χ1n) is 10.2. The topological polar surface area (TPSA) is 90.5 Å². The molecule has 0 bridgehead atoms. The summed E-state index contributed by atoms with van der Waals surface area (Å²) in [5, 5.41) is 9.54. The average molecular weight is 459 g/mol. The highest BCUT2D eigenvalue weighted by molar-refractivity contribution is 7.80. The Morgan fingerprint density at radius 1 is 1.29 bits per heavy atom. The van der Waals surface area contributed by atoms with Crippen LogP contribution >= 0.6 is 23.6 Å². The van der Waals surface area contributed by atoms with Crippen LogP contribution in [0.4, 0.5) is 0 Å². The van der Waals surface area contributed by atoms with Crippen LogP contribution in [-0.4, -0.2) is 47.7 Å². The molecule has 2 aromatic rings. The number of carbonyl (C=O) groups excluding carboxylic acids is 3. The lowest BCUT2D eigenvalue weighted by molar-refractivity contribution is -0.125. The third-order valence-electron chi connectivity index (χ3n) is 5.10. The maximum atomic E-state index is 12.9. The van der Waals surface area contributed by atoms with Crippen LogP contribution < -0.4 is 16.0 Å². The van der Waals surface area contributed by atoms with E-state index in [1.54, 1.807) is 4.90 Å². The van der Waals surface area contributed by atoms with Crippen LogP contribution in [0.5, 0.6) is 0 Å². The van der Waals surface area contributed by atoms with Gasteiger partial charge in [0.15, 0.2) is 5.11 Å². The highest BCUT2D eigenvalue weighted by Crippen LogP contribution is 2.33. The zero-order chi connectivity index (χ0) is 22.2. The quantitative estimate of drug-likeness (QED) is 0.373. The molecular formula is C22H26N4O3S2. The molecule has 31 heavy (non-hydrogen) atoms. The number of aldehydes is 1. The molecule has 1 atom stereocenters. The number of fused-ring (bicyclic) bond motifs is 1. The minimum absolute atomic E-state index is 0.158. The van der Waals surface area contributed by atoms with E-state index < -0.39 is 6.04 Å². The summed E-state index contributed by atoms with van der Waals surface area (Å²) in [6, 6.07) is 11.5. The van der Waals surface area contributed by atoms with Crippen molar-refractivity contribution in [3.8, 4) is 0 Å². The molecule has 0 aliphatic carbocycles. The Morgan fingerprint density at radius 2 is 2.06 bits per heavy atom. The number of hydrogen-bond donors (Lipinski definition) is 3. The van der Waals surface area contributed by atoms with Crippen molar-refractivity contribution in [1.29, 1.82) is 0 Å². The second-order valence-corrected chi connectivity index (χ2v) is 8.76.